The fraction of sp³-hybridized carbons (Fsp3) is 0.462. The van der Waals surface area contributed by atoms with Gasteiger partial charge >= 0.3 is 0 Å². The molecule has 1 heterocycles. The molecule has 4 rings (SSSR count). The van der Waals surface area contributed by atoms with Crippen LogP contribution in [0.25, 0.3) is 0 Å². The van der Waals surface area contributed by atoms with Crippen LogP contribution in [0.2, 0.25) is 0 Å². The first-order valence-electron chi connectivity index (χ1n) is 11.6. The predicted molar refractivity (Wildman–Crippen MR) is 131 cm³/mol. The molecule has 172 valence electrons. The van der Waals surface area contributed by atoms with E-state index in [-0.39, 0.29) is 36.2 Å². The van der Waals surface area contributed by atoms with Gasteiger partial charge in [0.05, 0.1) is 6.04 Å². The molecule has 0 spiro atoms. The van der Waals surface area contributed by atoms with Gasteiger partial charge in [0.15, 0.2) is 0 Å². The fourth-order valence-electron chi connectivity index (χ4n) is 4.70. The molecule has 32 heavy (non-hydrogen) atoms. The van der Waals surface area contributed by atoms with Crippen LogP contribution in [0.3, 0.4) is 0 Å². The quantitative estimate of drug-likeness (QED) is 0.610. The largest absolute Gasteiger partial charge is 0.354 e. The van der Waals surface area contributed by atoms with Crippen LogP contribution in [0.1, 0.15) is 49.3 Å². The summed E-state index contributed by atoms with van der Waals surface area (Å²) in [5, 5.41) is 9.56. The standard InChI is InChI=1S/C26H33N3O2.ClH/c1-2-18-9-13-23(14-10-18)29-25(30)20-11-7-19(8-12-20)16-28-26(31)24-15-21-5-3-4-6-22(21)17-27-24;/h3-6,9-10,13-14,19-20,24,27H,2,7-8,11-12,15-17H2,1H3,(H,28,31)(H,29,30);1H. The molecule has 6 heteroatoms. The third-order valence-electron chi connectivity index (χ3n) is 6.81. The number of hydrogen-bond acceptors (Lipinski definition) is 3. The molecule has 0 aromatic heterocycles. The lowest BCUT2D eigenvalue weighted by Gasteiger charge is -2.29. The maximum atomic E-state index is 12.6. The van der Waals surface area contributed by atoms with Gasteiger partial charge in [-0.25, -0.2) is 0 Å². The molecule has 0 radical (unpaired) electrons. The highest BCUT2D eigenvalue weighted by molar-refractivity contribution is 5.92. The molecule has 2 aromatic rings. The molecule has 1 atom stereocenters. The lowest BCUT2D eigenvalue weighted by Crippen LogP contribution is -2.48. The van der Waals surface area contributed by atoms with Crippen LogP contribution in [0.4, 0.5) is 5.69 Å². The summed E-state index contributed by atoms with van der Waals surface area (Å²) in [5.41, 5.74) is 4.69. The zero-order valence-electron chi connectivity index (χ0n) is 18.7. The van der Waals surface area contributed by atoms with E-state index in [4.69, 9.17) is 0 Å². The first kappa shape index (κ1) is 24.3. The van der Waals surface area contributed by atoms with Crippen LogP contribution >= 0.6 is 12.4 Å². The summed E-state index contributed by atoms with van der Waals surface area (Å²) >= 11 is 0. The van der Waals surface area contributed by atoms with Crippen molar-refractivity contribution in [1.29, 1.82) is 0 Å². The zero-order valence-corrected chi connectivity index (χ0v) is 19.5. The molecule has 1 unspecified atom stereocenters. The van der Waals surface area contributed by atoms with Gasteiger partial charge < -0.3 is 16.0 Å². The number of aryl methyl sites for hydroxylation is 1. The fourth-order valence-corrected chi connectivity index (χ4v) is 4.70. The Morgan fingerprint density at radius 1 is 0.938 bits per heavy atom. The van der Waals surface area contributed by atoms with Gasteiger partial charge in [0.2, 0.25) is 11.8 Å². The Hall–Kier alpha value is -2.37. The van der Waals surface area contributed by atoms with Crippen LogP contribution in [0.15, 0.2) is 48.5 Å². The highest BCUT2D eigenvalue weighted by Crippen LogP contribution is 2.29. The number of fused-ring (bicyclic) bond motifs is 1. The molecular weight excluding hydrogens is 422 g/mol. The van der Waals surface area contributed by atoms with Gasteiger partial charge in [0.25, 0.3) is 0 Å². The van der Waals surface area contributed by atoms with Gasteiger partial charge in [-0.15, -0.1) is 12.4 Å². The van der Waals surface area contributed by atoms with Crippen molar-refractivity contribution in [3.8, 4) is 0 Å². The Bertz CT molecular complexity index is 908. The molecule has 1 aliphatic heterocycles. The minimum atomic E-state index is -0.156. The molecular formula is C26H34ClN3O2. The smallest absolute Gasteiger partial charge is 0.237 e. The van der Waals surface area contributed by atoms with Crippen molar-refractivity contribution < 1.29 is 9.59 Å². The van der Waals surface area contributed by atoms with E-state index < -0.39 is 0 Å². The first-order valence-corrected chi connectivity index (χ1v) is 11.6. The van der Waals surface area contributed by atoms with Crippen LogP contribution in [0, 0.1) is 11.8 Å². The van der Waals surface area contributed by atoms with Gasteiger partial charge in [0.1, 0.15) is 0 Å². The van der Waals surface area contributed by atoms with Gasteiger partial charge in [-0.1, -0.05) is 43.3 Å². The molecule has 0 bridgehead atoms. The Labute approximate surface area is 197 Å². The average molecular weight is 456 g/mol. The van der Waals surface area contributed by atoms with Crippen LogP contribution < -0.4 is 16.0 Å². The Morgan fingerprint density at radius 2 is 1.62 bits per heavy atom. The summed E-state index contributed by atoms with van der Waals surface area (Å²) in [5.74, 6) is 0.726. The van der Waals surface area contributed by atoms with E-state index >= 15 is 0 Å². The molecule has 1 saturated carbocycles. The third kappa shape index (κ3) is 6.11. The van der Waals surface area contributed by atoms with Crippen LogP contribution in [-0.2, 0) is 29.0 Å². The van der Waals surface area contributed by atoms with Gasteiger partial charge in [-0.05, 0) is 73.3 Å². The van der Waals surface area contributed by atoms with Gasteiger partial charge in [-0.3, -0.25) is 9.59 Å². The molecule has 2 aromatic carbocycles. The third-order valence-corrected chi connectivity index (χ3v) is 6.81. The average Bonchev–Trinajstić information content (AvgIpc) is 2.83. The maximum Gasteiger partial charge on any atom is 0.237 e. The van der Waals surface area contributed by atoms with Crippen molar-refractivity contribution in [3.05, 3.63) is 65.2 Å². The summed E-state index contributed by atoms with van der Waals surface area (Å²) in [6.45, 7) is 3.57. The number of carbonyl (C=O) groups is 2. The molecule has 3 N–H and O–H groups in total. The Balaban J connectivity index is 0.00000289. The molecule has 2 aliphatic rings. The van der Waals surface area contributed by atoms with Crippen molar-refractivity contribution in [3.63, 3.8) is 0 Å². The van der Waals surface area contributed by atoms with E-state index in [0.717, 1.165) is 50.8 Å². The number of hydrogen-bond donors (Lipinski definition) is 3. The topological polar surface area (TPSA) is 70.2 Å². The number of rotatable bonds is 6. The second kappa shape index (κ2) is 11.5. The van der Waals surface area contributed by atoms with Crippen molar-refractivity contribution in [2.75, 3.05) is 11.9 Å². The SMILES string of the molecule is CCc1ccc(NC(=O)C2CCC(CNC(=O)C3Cc4ccccc4CN3)CC2)cc1.Cl. The number of carbonyl (C=O) groups excluding carboxylic acids is 2. The summed E-state index contributed by atoms with van der Waals surface area (Å²) in [6, 6.07) is 16.2. The minimum absolute atomic E-state index is 0. The summed E-state index contributed by atoms with van der Waals surface area (Å²) in [6.07, 6.45) is 5.47. The second-order valence-electron chi connectivity index (χ2n) is 8.91. The maximum absolute atomic E-state index is 12.6. The molecule has 1 aliphatic carbocycles. The summed E-state index contributed by atoms with van der Waals surface area (Å²) in [4.78, 5) is 25.2. The predicted octanol–water partition coefficient (Wildman–Crippen LogP) is 4.25. The zero-order chi connectivity index (χ0) is 21.6. The lowest BCUT2D eigenvalue weighted by atomic mass is 9.81. The van der Waals surface area contributed by atoms with Crippen molar-refractivity contribution >= 4 is 29.9 Å². The highest BCUT2D eigenvalue weighted by atomic mass is 35.5. The van der Waals surface area contributed by atoms with Crippen molar-refractivity contribution in [2.45, 2.75) is 58.0 Å². The number of nitrogens with one attached hydrogen (secondary N) is 3. The molecule has 2 amide bonds. The highest BCUT2D eigenvalue weighted by Gasteiger charge is 2.28. The number of benzene rings is 2. The van der Waals surface area contributed by atoms with Crippen molar-refractivity contribution in [2.24, 2.45) is 11.8 Å². The van der Waals surface area contributed by atoms with Crippen LogP contribution in [-0.4, -0.2) is 24.4 Å². The van der Waals surface area contributed by atoms with Crippen molar-refractivity contribution in [1.82, 2.24) is 10.6 Å². The van der Waals surface area contributed by atoms with E-state index in [1.54, 1.807) is 0 Å². The van der Waals surface area contributed by atoms with E-state index in [1.165, 1.54) is 16.7 Å². The number of amides is 2. The van der Waals surface area contributed by atoms with E-state index in [0.29, 0.717) is 12.5 Å². The second-order valence-corrected chi connectivity index (χ2v) is 8.91. The Kier molecular flexibility index (Phi) is 8.71. The molecule has 1 fully saturated rings. The number of halogens is 1. The molecule has 5 nitrogen and oxygen atoms in total. The Morgan fingerprint density at radius 3 is 2.31 bits per heavy atom. The normalized spacial score (nSPS) is 22.2. The van der Waals surface area contributed by atoms with E-state index in [9.17, 15) is 9.59 Å². The summed E-state index contributed by atoms with van der Waals surface area (Å²) in [7, 11) is 0. The monoisotopic (exact) mass is 455 g/mol. The van der Waals surface area contributed by atoms with Gasteiger partial charge in [-0.2, -0.15) is 0 Å². The summed E-state index contributed by atoms with van der Waals surface area (Å²) < 4.78 is 0. The minimum Gasteiger partial charge on any atom is -0.354 e. The van der Waals surface area contributed by atoms with Crippen LogP contribution in [0.5, 0.6) is 0 Å². The number of anilines is 1. The van der Waals surface area contributed by atoms with Gasteiger partial charge in [0, 0.05) is 24.7 Å². The lowest BCUT2D eigenvalue weighted by molar-refractivity contribution is -0.124. The van der Waals surface area contributed by atoms with E-state index in [1.807, 2.05) is 24.3 Å². The molecule has 0 saturated heterocycles. The van der Waals surface area contributed by atoms with E-state index in [2.05, 4.69) is 47.1 Å². The first-order chi connectivity index (χ1) is 15.1.